The monoisotopic (exact) mass is 349 g/mol. The zero-order chi connectivity index (χ0) is 14.1. The predicted octanol–water partition coefficient (Wildman–Crippen LogP) is 5.05. The second-order valence-electron chi connectivity index (χ2n) is 4.74. The summed E-state index contributed by atoms with van der Waals surface area (Å²) in [7, 11) is 0. The van der Waals surface area contributed by atoms with Crippen LogP contribution in [-0.4, -0.2) is 0 Å². The van der Waals surface area contributed by atoms with Gasteiger partial charge in [0, 0.05) is 10.7 Å². The average molecular weight is 350 g/mol. The summed E-state index contributed by atoms with van der Waals surface area (Å²) in [6, 6.07) is 13.2. The average Bonchev–Trinajstić information content (AvgIpc) is 2.85. The Hall–Kier alpha value is -1.23. The van der Waals surface area contributed by atoms with Gasteiger partial charge in [-0.25, -0.2) is 4.39 Å². The highest BCUT2D eigenvalue weighted by Gasteiger charge is 2.12. The van der Waals surface area contributed by atoms with E-state index in [2.05, 4.69) is 33.4 Å². The molecule has 0 aliphatic carbocycles. The van der Waals surface area contributed by atoms with E-state index in [0.29, 0.717) is 10.9 Å². The van der Waals surface area contributed by atoms with Gasteiger partial charge in [-0.3, -0.25) is 0 Å². The van der Waals surface area contributed by atoms with Gasteiger partial charge in [0.05, 0.1) is 4.47 Å². The van der Waals surface area contributed by atoms with Gasteiger partial charge in [-0.2, -0.15) is 0 Å². The SMILES string of the molecule is NC(Cc1csc2ccccc12)c1ccc(Br)c(F)c1. The predicted molar refractivity (Wildman–Crippen MR) is 86.6 cm³/mol. The Bertz CT molecular complexity index is 753. The summed E-state index contributed by atoms with van der Waals surface area (Å²) in [4.78, 5) is 0. The van der Waals surface area contributed by atoms with Gasteiger partial charge in [0.1, 0.15) is 5.82 Å². The van der Waals surface area contributed by atoms with Crippen molar-refractivity contribution < 1.29 is 4.39 Å². The minimum absolute atomic E-state index is 0.199. The van der Waals surface area contributed by atoms with Gasteiger partial charge in [-0.1, -0.05) is 24.3 Å². The highest BCUT2D eigenvalue weighted by molar-refractivity contribution is 9.10. The molecule has 0 aliphatic rings. The number of hydrogen-bond donors (Lipinski definition) is 1. The Labute approximate surface area is 129 Å². The Morgan fingerprint density at radius 3 is 2.80 bits per heavy atom. The van der Waals surface area contributed by atoms with Gasteiger partial charge in [0.25, 0.3) is 0 Å². The van der Waals surface area contributed by atoms with Crippen molar-refractivity contribution >= 4 is 37.4 Å². The standard InChI is InChI=1S/C16H13BrFNS/c17-13-6-5-10(7-14(13)18)15(19)8-11-9-20-16-4-2-1-3-12(11)16/h1-7,9,15H,8,19H2. The van der Waals surface area contributed by atoms with E-state index in [1.165, 1.54) is 21.7 Å². The van der Waals surface area contributed by atoms with Gasteiger partial charge in [0.2, 0.25) is 0 Å². The second kappa shape index (κ2) is 5.64. The molecule has 2 N–H and O–H groups in total. The maximum Gasteiger partial charge on any atom is 0.137 e. The first-order valence-corrected chi connectivity index (χ1v) is 7.98. The van der Waals surface area contributed by atoms with Crippen molar-refractivity contribution in [1.82, 2.24) is 0 Å². The Balaban J connectivity index is 1.88. The van der Waals surface area contributed by atoms with Crippen LogP contribution in [0.25, 0.3) is 10.1 Å². The fourth-order valence-corrected chi connectivity index (χ4v) is 3.51. The van der Waals surface area contributed by atoms with Crippen LogP contribution >= 0.6 is 27.3 Å². The van der Waals surface area contributed by atoms with E-state index < -0.39 is 0 Å². The number of hydrogen-bond acceptors (Lipinski definition) is 2. The van der Waals surface area contributed by atoms with Gasteiger partial charge in [-0.05, 0) is 62.4 Å². The number of nitrogens with two attached hydrogens (primary N) is 1. The molecule has 0 aliphatic heterocycles. The number of thiophene rings is 1. The zero-order valence-corrected chi connectivity index (χ0v) is 13.0. The van der Waals surface area contributed by atoms with E-state index in [1.807, 2.05) is 18.2 Å². The molecular weight excluding hydrogens is 337 g/mol. The first kappa shape index (κ1) is 13.7. The molecule has 0 saturated heterocycles. The quantitative estimate of drug-likeness (QED) is 0.703. The van der Waals surface area contributed by atoms with Crippen LogP contribution in [0.1, 0.15) is 17.2 Å². The number of benzene rings is 2. The molecule has 4 heteroatoms. The summed E-state index contributed by atoms with van der Waals surface area (Å²) in [5, 5.41) is 3.38. The molecule has 20 heavy (non-hydrogen) atoms. The zero-order valence-electron chi connectivity index (χ0n) is 10.6. The minimum Gasteiger partial charge on any atom is -0.324 e. The van der Waals surface area contributed by atoms with Crippen LogP contribution in [0, 0.1) is 5.82 Å². The molecular formula is C16H13BrFNS. The highest BCUT2D eigenvalue weighted by Crippen LogP contribution is 2.29. The van der Waals surface area contributed by atoms with Crippen LogP contribution < -0.4 is 5.73 Å². The maximum absolute atomic E-state index is 13.6. The van der Waals surface area contributed by atoms with Gasteiger partial charge in [-0.15, -0.1) is 11.3 Å². The third kappa shape index (κ3) is 2.64. The fraction of sp³-hybridized carbons (Fsp3) is 0.125. The van der Waals surface area contributed by atoms with E-state index in [4.69, 9.17) is 5.73 Å². The first-order valence-electron chi connectivity index (χ1n) is 6.31. The number of fused-ring (bicyclic) bond motifs is 1. The van der Waals surface area contributed by atoms with Gasteiger partial charge in [0.15, 0.2) is 0 Å². The topological polar surface area (TPSA) is 26.0 Å². The smallest absolute Gasteiger partial charge is 0.137 e. The third-order valence-corrected chi connectivity index (χ3v) is 5.03. The van der Waals surface area contributed by atoms with E-state index in [0.717, 1.165) is 5.56 Å². The Morgan fingerprint density at radius 1 is 1.20 bits per heavy atom. The number of rotatable bonds is 3. The molecule has 3 rings (SSSR count). The lowest BCUT2D eigenvalue weighted by atomic mass is 9.99. The molecule has 0 amide bonds. The van der Waals surface area contributed by atoms with Crippen molar-refractivity contribution in [2.45, 2.75) is 12.5 Å². The van der Waals surface area contributed by atoms with E-state index in [1.54, 1.807) is 17.4 Å². The van der Waals surface area contributed by atoms with Crippen molar-refractivity contribution in [2.75, 3.05) is 0 Å². The van der Waals surface area contributed by atoms with Gasteiger partial charge < -0.3 is 5.73 Å². The van der Waals surface area contributed by atoms with Crippen LogP contribution in [0.3, 0.4) is 0 Å². The van der Waals surface area contributed by atoms with Crippen molar-refractivity contribution in [3.05, 3.63) is 69.3 Å². The fourth-order valence-electron chi connectivity index (χ4n) is 2.29. The molecule has 3 aromatic rings. The Kier molecular flexibility index (Phi) is 3.87. The molecule has 1 heterocycles. The highest BCUT2D eigenvalue weighted by atomic mass is 79.9. The molecule has 1 unspecified atom stereocenters. The molecule has 0 spiro atoms. The van der Waals surface area contributed by atoms with Crippen molar-refractivity contribution in [2.24, 2.45) is 5.73 Å². The summed E-state index contributed by atoms with van der Waals surface area (Å²) in [5.74, 6) is -0.270. The summed E-state index contributed by atoms with van der Waals surface area (Å²) < 4.78 is 15.3. The van der Waals surface area contributed by atoms with E-state index in [9.17, 15) is 4.39 Å². The van der Waals surface area contributed by atoms with Crippen molar-refractivity contribution in [3.8, 4) is 0 Å². The molecule has 2 aromatic carbocycles. The molecule has 1 aromatic heterocycles. The van der Waals surface area contributed by atoms with E-state index in [-0.39, 0.29) is 11.9 Å². The molecule has 0 bridgehead atoms. The summed E-state index contributed by atoms with van der Waals surface area (Å²) in [6.45, 7) is 0. The summed E-state index contributed by atoms with van der Waals surface area (Å²) >= 11 is 4.88. The Morgan fingerprint density at radius 2 is 2.00 bits per heavy atom. The van der Waals surface area contributed by atoms with Crippen LogP contribution in [0.4, 0.5) is 4.39 Å². The molecule has 1 nitrogen and oxygen atoms in total. The lowest BCUT2D eigenvalue weighted by Gasteiger charge is -2.12. The van der Waals surface area contributed by atoms with Crippen LogP contribution in [0.5, 0.6) is 0 Å². The minimum atomic E-state index is -0.270. The summed E-state index contributed by atoms with van der Waals surface area (Å²) in [6.07, 6.45) is 0.713. The van der Waals surface area contributed by atoms with Crippen LogP contribution in [0.15, 0.2) is 52.3 Å². The lowest BCUT2D eigenvalue weighted by molar-refractivity contribution is 0.612. The van der Waals surface area contributed by atoms with E-state index >= 15 is 0 Å². The van der Waals surface area contributed by atoms with Crippen LogP contribution in [-0.2, 0) is 6.42 Å². The third-order valence-electron chi connectivity index (χ3n) is 3.37. The molecule has 0 fully saturated rings. The summed E-state index contributed by atoms with van der Waals surface area (Å²) in [5.41, 5.74) is 8.26. The molecule has 0 saturated carbocycles. The normalized spacial score (nSPS) is 12.8. The van der Waals surface area contributed by atoms with Crippen molar-refractivity contribution in [1.29, 1.82) is 0 Å². The molecule has 1 atom stereocenters. The van der Waals surface area contributed by atoms with Crippen molar-refractivity contribution in [3.63, 3.8) is 0 Å². The largest absolute Gasteiger partial charge is 0.324 e. The second-order valence-corrected chi connectivity index (χ2v) is 6.51. The molecule has 102 valence electrons. The molecule has 0 radical (unpaired) electrons. The lowest BCUT2D eigenvalue weighted by Crippen LogP contribution is -2.13. The maximum atomic E-state index is 13.6. The van der Waals surface area contributed by atoms with Crippen LogP contribution in [0.2, 0.25) is 0 Å². The number of halogens is 2. The van der Waals surface area contributed by atoms with Gasteiger partial charge >= 0.3 is 0 Å². The first-order chi connectivity index (χ1) is 9.65.